The van der Waals surface area contributed by atoms with Gasteiger partial charge in [-0.05, 0) is 89.0 Å². The molecule has 0 N–H and O–H groups in total. The van der Waals surface area contributed by atoms with Gasteiger partial charge in [-0.15, -0.1) is 0 Å². The molecule has 0 radical (unpaired) electrons. The highest BCUT2D eigenvalue weighted by Gasteiger charge is 2.30. The molecule has 5 heterocycles. The van der Waals surface area contributed by atoms with E-state index in [4.69, 9.17) is 4.98 Å². The average Bonchev–Trinajstić information content (AvgIpc) is 4.10. The topological polar surface area (TPSA) is 28.2 Å². The highest BCUT2D eigenvalue weighted by molar-refractivity contribution is 6.35. The van der Waals surface area contributed by atoms with Crippen molar-refractivity contribution in [2.75, 3.05) is 9.80 Å². The highest BCUT2D eigenvalue weighted by Crippen LogP contribution is 2.52. The van der Waals surface area contributed by atoms with Gasteiger partial charge in [0.2, 0.25) is 0 Å². The number of hydrogen-bond acceptors (Lipinski definition) is 3. The Hall–Kier alpha value is -8.93. The predicted molar refractivity (Wildman–Crippen MR) is 278 cm³/mol. The van der Waals surface area contributed by atoms with Crippen molar-refractivity contribution < 1.29 is 0 Å². The molecule has 0 saturated heterocycles. The second-order valence-corrected chi connectivity index (χ2v) is 17.5. The van der Waals surface area contributed by atoms with Crippen LogP contribution in [0.3, 0.4) is 0 Å². The van der Waals surface area contributed by atoms with Gasteiger partial charge in [0.15, 0.2) is 0 Å². The minimum atomic E-state index is 0.958. The van der Waals surface area contributed by atoms with Crippen LogP contribution in [0.5, 0.6) is 0 Å². The van der Waals surface area contributed by atoms with E-state index in [0.717, 1.165) is 72.6 Å². The van der Waals surface area contributed by atoms with Crippen LogP contribution in [0.4, 0.5) is 34.1 Å². The first kappa shape index (κ1) is 35.5. The van der Waals surface area contributed by atoms with Crippen LogP contribution >= 0.6 is 0 Å². The van der Waals surface area contributed by atoms with Crippen LogP contribution < -0.4 is 9.80 Å². The van der Waals surface area contributed by atoms with Crippen molar-refractivity contribution in [3.63, 3.8) is 0 Å². The molecule has 0 unspecified atom stereocenters. The molecule has 0 atom stereocenters. The number of nitrogens with zero attached hydrogens (tertiary/aromatic N) is 5. The molecule has 0 bridgehead atoms. The lowest BCUT2D eigenvalue weighted by Crippen LogP contribution is -2.11. The quantitative estimate of drug-likeness (QED) is 0.167. The van der Waals surface area contributed by atoms with Gasteiger partial charge in [-0.1, -0.05) is 152 Å². The van der Waals surface area contributed by atoms with Crippen molar-refractivity contribution in [1.82, 2.24) is 13.8 Å². The van der Waals surface area contributed by atoms with Crippen molar-refractivity contribution in [3.05, 3.63) is 224 Å². The molecule has 0 spiro atoms. The van der Waals surface area contributed by atoms with E-state index in [1.807, 2.05) is 0 Å². The molecule has 0 aliphatic carbocycles. The minimum Gasteiger partial charge on any atom is -0.308 e. The standard InChI is InChI=1S/C61H37N5/c1-5-21-40(22-6-1)63(41-23-7-2-8-24-41)52-34-18-32-47-46-31-17-33-48-55-53(65(56(46)48)57(47)52)37-50-49-35-38-19-13-15-29-44(38)54-51-36-39-20-14-16-30-45(39)59(60(51)66(58(49)54)61(50)62-55)64(42-25-9-3-10-26-42)43-27-11-4-12-28-43/h1-37H. The van der Waals surface area contributed by atoms with Crippen molar-refractivity contribution in [3.8, 4) is 0 Å². The van der Waals surface area contributed by atoms with Crippen molar-refractivity contribution in [2.24, 2.45) is 0 Å². The van der Waals surface area contributed by atoms with Gasteiger partial charge in [0, 0.05) is 65.8 Å². The van der Waals surface area contributed by atoms with Crippen LogP contribution in [-0.4, -0.2) is 13.8 Å². The summed E-state index contributed by atoms with van der Waals surface area (Å²) >= 11 is 0. The number of benzene rings is 10. The number of rotatable bonds is 6. The fourth-order valence-electron chi connectivity index (χ4n) is 11.4. The molecule has 15 rings (SSSR count). The van der Waals surface area contributed by atoms with Gasteiger partial charge in [0.05, 0.1) is 44.5 Å². The molecular weight excluding hydrogens is 803 g/mol. The normalized spacial score (nSPS) is 12.2. The molecule has 5 nitrogen and oxygen atoms in total. The summed E-state index contributed by atoms with van der Waals surface area (Å²) in [6, 6.07) is 81.6. The van der Waals surface area contributed by atoms with Gasteiger partial charge in [-0.2, -0.15) is 0 Å². The van der Waals surface area contributed by atoms with E-state index in [1.165, 1.54) is 59.5 Å². The molecule has 10 aromatic carbocycles. The highest BCUT2D eigenvalue weighted by atomic mass is 15.2. The Balaban J connectivity index is 1.14. The second kappa shape index (κ2) is 13.3. The summed E-state index contributed by atoms with van der Waals surface area (Å²) < 4.78 is 5.01. The van der Waals surface area contributed by atoms with E-state index in [-0.39, 0.29) is 0 Å². The van der Waals surface area contributed by atoms with Crippen LogP contribution in [0.15, 0.2) is 224 Å². The van der Waals surface area contributed by atoms with Gasteiger partial charge in [-0.25, -0.2) is 4.98 Å². The largest absolute Gasteiger partial charge is 0.308 e. The summed E-state index contributed by atoms with van der Waals surface area (Å²) in [6.45, 7) is 0. The number of pyridine rings is 1. The summed E-state index contributed by atoms with van der Waals surface area (Å²) in [5.41, 5.74) is 14.4. The van der Waals surface area contributed by atoms with Crippen molar-refractivity contribution >= 4 is 132 Å². The Kier molecular flexibility index (Phi) is 7.16. The van der Waals surface area contributed by atoms with Crippen LogP contribution in [0, 0.1) is 0 Å². The molecule has 0 fully saturated rings. The average molecular weight is 840 g/mol. The minimum absolute atomic E-state index is 0.958. The monoisotopic (exact) mass is 839 g/mol. The van der Waals surface area contributed by atoms with Gasteiger partial charge in [0.25, 0.3) is 0 Å². The van der Waals surface area contributed by atoms with Crippen molar-refractivity contribution in [2.45, 2.75) is 0 Å². The lowest BCUT2D eigenvalue weighted by Gasteiger charge is -2.28. The second-order valence-electron chi connectivity index (χ2n) is 17.5. The van der Waals surface area contributed by atoms with E-state index < -0.39 is 0 Å². The Morgan fingerprint density at radius 1 is 0.318 bits per heavy atom. The Bertz CT molecular complexity index is 4310. The Morgan fingerprint density at radius 3 is 1.47 bits per heavy atom. The Morgan fingerprint density at radius 2 is 0.818 bits per heavy atom. The first-order chi connectivity index (χ1) is 32.8. The zero-order valence-electron chi connectivity index (χ0n) is 35.6. The van der Waals surface area contributed by atoms with Crippen LogP contribution in [0.25, 0.3) is 98.0 Å². The number of anilines is 6. The van der Waals surface area contributed by atoms with E-state index in [9.17, 15) is 0 Å². The van der Waals surface area contributed by atoms with Crippen molar-refractivity contribution in [1.29, 1.82) is 0 Å². The first-order valence-electron chi connectivity index (χ1n) is 22.6. The maximum absolute atomic E-state index is 5.93. The molecule has 5 aromatic heterocycles. The third kappa shape index (κ3) is 4.70. The lowest BCUT2D eigenvalue weighted by atomic mass is 9.97. The molecule has 0 saturated carbocycles. The number of fused-ring (bicyclic) bond motifs is 15. The van der Waals surface area contributed by atoms with Gasteiger partial charge in [-0.3, -0.25) is 4.40 Å². The molecule has 5 heteroatoms. The summed E-state index contributed by atoms with van der Waals surface area (Å²) in [5, 5.41) is 13.2. The van der Waals surface area contributed by atoms with Crippen LogP contribution in [0.1, 0.15) is 0 Å². The lowest BCUT2D eigenvalue weighted by molar-refractivity contribution is 1.25. The fourth-order valence-corrected chi connectivity index (χ4v) is 11.4. The van der Waals surface area contributed by atoms with E-state index in [1.54, 1.807) is 0 Å². The third-order valence-electron chi connectivity index (χ3n) is 14.0. The number of hydrogen-bond donors (Lipinski definition) is 0. The molecule has 15 aromatic rings. The first-order valence-corrected chi connectivity index (χ1v) is 22.6. The van der Waals surface area contributed by atoms with E-state index >= 15 is 0 Å². The summed E-state index contributed by atoms with van der Waals surface area (Å²) in [7, 11) is 0. The fraction of sp³-hybridized carbons (Fsp3) is 0. The van der Waals surface area contributed by atoms with E-state index in [2.05, 4.69) is 243 Å². The summed E-state index contributed by atoms with van der Waals surface area (Å²) in [4.78, 5) is 10.8. The molecule has 0 aliphatic rings. The van der Waals surface area contributed by atoms with Gasteiger partial charge in [0.1, 0.15) is 5.65 Å². The van der Waals surface area contributed by atoms with E-state index in [0.29, 0.717) is 0 Å². The molecule has 0 aliphatic heterocycles. The number of para-hydroxylation sites is 6. The van der Waals surface area contributed by atoms with Gasteiger partial charge >= 0.3 is 0 Å². The smallest absolute Gasteiger partial charge is 0.146 e. The predicted octanol–water partition coefficient (Wildman–Crippen LogP) is 16.6. The molecular formula is C61H37N5. The molecule has 0 amide bonds. The third-order valence-corrected chi connectivity index (χ3v) is 14.0. The summed E-state index contributed by atoms with van der Waals surface area (Å²) in [6.07, 6.45) is 0. The number of aromatic nitrogens is 3. The maximum Gasteiger partial charge on any atom is 0.146 e. The SMILES string of the molecule is c1ccc(N(c2ccccc2)c2cccc3c4cccc5c6nc7c(cc6n(c23)c45)c2cc3ccccc3c3c4cc5ccccc5c(N(c5ccccc5)c5ccccc5)c4n7c23)cc1. The zero-order valence-corrected chi connectivity index (χ0v) is 35.6. The molecule has 66 heavy (non-hydrogen) atoms. The molecule has 306 valence electrons. The summed E-state index contributed by atoms with van der Waals surface area (Å²) in [5.74, 6) is 0. The Labute approximate surface area is 378 Å². The van der Waals surface area contributed by atoms with Gasteiger partial charge < -0.3 is 14.2 Å². The maximum atomic E-state index is 5.93. The zero-order chi connectivity index (χ0) is 43.0. The van der Waals surface area contributed by atoms with Crippen LogP contribution in [0.2, 0.25) is 0 Å². The van der Waals surface area contributed by atoms with Crippen LogP contribution in [-0.2, 0) is 0 Å².